The number of nitrogens with one attached hydrogen (secondary N) is 1. The molecule has 0 saturated carbocycles. The largest absolute Gasteiger partial charge is 0.496 e. The highest BCUT2D eigenvalue weighted by Gasteiger charge is 2.16. The van der Waals surface area contributed by atoms with E-state index in [1.165, 1.54) is 14.2 Å². The molecule has 0 saturated heterocycles. The van der Waals surface area contributed by atoms with Gasteiger partial charge < -0.3 is 14.5 Å². The van der Waals surface area contributed by atoms with Crippen molar-refractivity contribution in [1.82, 2.24) is 9.97 Å². The molecule has 0 fully saturated rings. The molecule has 0 unspecified atom stereocenters. The predicted molar refractivity (Wildman–Crippen MR) is 67.9 cm³/mol. The smallest absolute Gasteiger partial charge is 0.197 e. The summed E-state index contributed by atoms with van der Waals surface area (Å²) in [5.41, 5.74) is 0.679. The Balaban J connectivity index is 2.76. The maximum absolute atomic E-state index is 13.8. The van der Waals surface area contributed by atoms with Crippen molar-refractivity contribution >= 4 is 12.2 Å². The standard InChI is InChI=1S/C12H11FN2O2S/c1-16-8-4-3-5-9(17-2)10(8)11-7(13)6-14-12(18)15-11/h3-6H,1-2H3,(H,14,15,18). The topological polar surface area (TPSA) is 47.1 Å². The van der Waals surface area contributed by atoms with Gasteiger partial charge in [-0.3, -0.25) is 0 Å². The molecular formula is C12H11FN2O2S. The average Bonchev–Trinajstić information content (AvgIpc) is 2.40. The molecule has 6 heteroatoms. The number of halogens is 1. The van der Waals surface area contributed by atoms with Crippen LogP contribution >= 0.6 is 12.2 Å². The Morgan fingerprint density at radius 3 is 2.39 bits per heavy atom. The first kappa shape index (κ1) is 12.5. The Kier molecular flexibility index (Phi) is 3.57. The number of ether oxygens (including phenoxy) is 2. The van der Waals surface area contributed by atoms with Crippen molar-refractivity contribution in [2.75, 3.05) is 14.2 Å². The van der Waals surface area contributed by atoms with Gasteiger partial charge in [-0.15, -0.1) is 0 Å². The first-order valence-corrected chi connectivity index (χ1v) is 5.54. The summed E-state index contributed by atoms with van der Waals surface area (Å²) in [6, 6.07) is 5.19. The van der Waals surface area contributed by atoms with Crippen molar-refractivity contribution in [2.24, 2.45) is 0 Å². The second-order valence-electron chi connectivity index (χ2n) is 3.45. The van der Waals surface area contributed by atoms with E-state index in [1.807, 2.05) is 0 Å². The second-order valence-corrected chi connectivity index (χ2v) is 3.84. The van der Waals surface area contributed by atoms with Crippen molar-refractivity contribution in [3.63, 3.8) is 0 Å². The Bertz CT molecular complexity index is 605. The molecular weight excluding hydrogens is 255 g/mol. The highest BCUT2D eigenvalue weighted by atomic mass is 32.1. The number of H-pyrrole nitrogens is 1. The Labute approximate surface area is 108 Å². The van der Waals surface area contributed by atoms with E-state index in [9.17, 15) is 4.39 Å². The first-order valence-electron chi connectivity index (χ1n) is 5.13. The maximum Gasteiger partial charge on any atom is 0.197 e. The maximum atomic E-state index is 13.8. The van der Waals surface area contributed by atoms with E-state index in [2.05, 4.69) is 9.97 Å². The van der Waals surface area contributed by atoms with Gasteiger partial charge >= 0.3 is 0 Å². The number of hydrogen-bond acceptors (Lipinski definition) is 4. The summed E-state index contributed by atoms with van der Waals surface area (Å²) in [5.74, 6) is 0.460. The lowest BCUT2D eigenvalue weighted by atomic mass is 10.1. The molecule has 4 nitrogen and oxygen atoms in total. The zero-order valence-electron chi connectivity index (χ0n) is 9.86. The van der Waals surface area contributed by atoms with Gasteiger partial charge in [0, 0.05) is 0 Å². The second kappa shape index (κ2) is 5.14. The molecule has 0 aliphatic carbocycles. The van der Waals surface area contributed by atoms with Crippen LogP contribution < -0.4 is 9.47 Å². The lowest BCUT2D eigenvalue weighted by Crippen LogP contribution is -1.98. The van der Waals surface area contributed by atoms with E-state index < -0.39 is 5.82 Å². The predicted octanol–water partition coefficient (Wildman–Crippen LogP) is 2.96. The normalized spacial score (nSPS) is 10.2. The molecule has 0 bridgehead atoms. The molecule has 0 aliphatic rings. The summed E-state index contributed by atoms with van der Waals surface area (Å²) in [4.78, 5) is 6.39. The fraction of sp³-hybridized carbons (Fsp3) is 0.167. The molecule has 0 spiro atoms. The van der Waals surface area contributed by atoms with E-state index >= 15 is 0 Å². The van der Waals surface area contributed by atoms with Crippen LogP contribution in [0.25, 0.3) is 11.3 Å². The van der Waals surface area contributed by atoms with Crippen LogP contribution in [-0.4, -0.2) is 24.2 Å². The molecule has 1 N–H and O–H groups in total. The fourth-order valence-electron chi connectivity index (χ4n) is 1.66. The van der Waals surface area contributed by atoms with Gasteiger partial charge in [0.2, 0.25) is 0 Å². The monoisotopic (exact) mass is 266 g/mol. The molecule has 1 heterocycles. The van der Waals surface area contributed by atoms with Crippen LogP contribution in [0.4, 0.5) is 4.39 Å². The highest BCUT2D eigenvalue weighted by Crippen LogP contribution is 2.37. The van der Waals surface area contributed by atoms with Gasteiger partial charge in [0.25, 0.3) is 0 Å². The number of methoxy groups -OCH3 is 2. The summed E-state index contributed by atoms with van der Waals surface area (Å²) < 4.78 is 24.5. The highest BCUT2D eigenvalue weighted by molar-refractivity contribution is 7.71. The van der Waals surface area contributed by atoms with Crippen LogP contribution in [0, 0.1) is 10.6 Å². The molecule has 1 aromatic heterocycles. The molecule has 18 heavy (non-hydrogen) atoms. The van der Waals surface area contributed by atoms with Crippen LogP contribution in [-0.2, 0) is 0 Å². The number of aromatic amines is 1. The van der Waals surface area contributed by atoms with Gasteiger partial charge in [-0.25, -0.2) is 9.37 Å². The van der Waals surface area contributed by atoms with Crippen molar-refractivity contribution in [1.29, 1.82) is 0 Å². The molecule has 1 aromatic carbocycles. The molecule has 2 aromatic rings. The summed E-state index contributed by atoms with van der Waals surface area (Å²) in [5, 5.41) is 0. The van der Waals surface area contributed by atoms with Gasteiger partial charge in [-0.05, 0) is 24.4 Å². The van der Waals surface area contributed by atoms with Crippen LogP contribution in [0.5, 0.6) is 11.5 Å². The molecule has 2 rings (SSSR count). The minimum atomic E-state index is -0.522. The lowest BCUT2D eigenvalue weighted by Gasteiger charge is -2.13. The van der Waals surface area contributed by atoms with Crippen molar-refractivity contribution in [2.45, 2.75) is 0 Å². The van der Waals surface area contributed by atoms with E-state index in [4.69, 9.17) is 21.7 Å². The van der Waals surface area contributed by atoms with Crippen LogP contribution in [0.1, 0.15) is 0 Å². The minimum absolute atomic E-state index is 0.194. The summed E-state index contributed by atoms with van der Waals surface area (Å²) in [7, 11) is 3.01. The Hall–Kier alpha value is -1.95. The third kappa shape index (κ3) is 2.19. The van der Waals surface area contributed by atoms with E-state index in [-0.39, 0.29) is 10.5 Å². The molecule has 0 aliphatic heterocycles. The number of aromatic nitrogens is 2. The van der Waals surface area contributed by atoms with Crippen LogP contribution in [0.2, 0.25) is 0 Å². The fourth-order valence-corrected chi connectivity index (χ4v) is 1.81. The third-order valence-corrected chi connectivity index (χ3v) is 2.65. The third-order valence-electron chi connectivity index (χ3n) is 2.44. The van der Waals surface area contributed by atoms with Gasteiger partial charge in [0.1, 0.15) is 11.5 Å². The van der Waals surface area contributed by atoms with Gasteiger partial charge in [-0.1, -0.05) is 6.07 Å². The average molecular weight is 266 g/mol. The summed E-state index contributed by atoms with van der Waals surface area (Å²) in [6.07, 6.45) is 1.07. The Morgan fingerprint density at radius 2 is 1.83 bits per heavy atom. The van der Waals surface area contributed by atoms with Crippen molar-refractivity contribution in [3.8, 4) is 22.8 Å². The molecule has 0 atom stereocenters. The molecule has 94 valence electrons. The van der Waals surface area contributed by atoms with E-state index in [1.54, 1.807) is 18.2 Å². The van der Waals surface area contributed by atoms with Gasteiger partial charge in [0.15, 0.2) is 10.6 Å². The van der Waals surface area contributed by atoms with Crippen LogP contribution in [0.3, 0.4) is 0 Å². The van der Waals surface area contributed by atoms with E-state index in [0.29, 0.717) is 17.1 Å². The lowest BCUT2D eigenvalue weighted by molar-refractivity contribution is 0.396. The zero-order chi connectivity index (χ0) is 13.1. The SMILES string of the molecule is COc1cccc(OC)c1-c1[nH]c(=S)ncc1F. The number of hydrogen-bond donors (Lipinski definition) is 1. The quantitative estimate of drug-likeness (QED) is 0.868. The number of benzene rings is 1. The minimum Gasteiger partial charge on any atom is -0.496 e. The summed E-state index contributed by atoms with van der Waals surface area (Å²) >= 11 is 4.90. The number of nitrogens with zero attached hydrogens (tertiary/aromatic N) is 1. The van der Waals surface area contributed by atoms with Gasteiger partial charge in [-0.2, -0.15) is 0 Å². The zero-order valence-corrected chi connectivity index (χ0v) is 10.7. The Morgan fingerprint density at radius 1 is 1.22 bits per heavy atom. The van der Waals surface area contributed by atoms with Crippen LogP contribution in [0.15, 0.2) is 24.4 Å². The van der Waals surface area contributed by atoms with Crippen molar-refractivity contribution in [3.05, 3.63) is 35.0 Å². The van der Waals surface area contributed by atoms with Crippen molar-refractivity contribution < 1.29 is 13.9 Å². The van der Waals surface area contributed by atoms with E-state index in [0.717, 1.165) is 6.20 Å². The first-order chi connectivity index (χ1) is 8.67. The number of rotatable bonds is 3. The molecule has 0 amide bonds. The van der Waals surface area contributed by atoms with Gasteiger partial charge in [0.05, 0.1) is 31.7 Å². The summed E-state index contributed by atoms with van der Waals surface area (Å²) in [6.45, 7) is 0. The molecule has 0 radical (unpaired) electrons.